The number of aromatic nitrogens is 1. The molecule has 1 aliphatic rings. The van der Waals surface area contributed by atoms with Gasteiger partial charge in [0.1, 0.15) is 15.9 Å². The van der Waals surface area contributed by atoms with Gasteiger partial charge in [-0.25, -0.2) is 0 Å². The molecule has 14 heteroatoms. The molecule has 2 N–H and O–H groups in total. The van der Waals surface area contributed by atoms with E-state index < -0.39 is 20.2 Å². The Kier molecular flexibility index (Phi) is 6.72. The summed E-state index contributed by atoms with van der Waals surface area (Å²) in [6.45, 7) is 0.686. The van der Waals surface area contributed by atoms with Gasteiger partial charge < -0.3 is 13.7 Å². The largest absolute Gasteiger partial charge is 0.464 e. The van der Waals surface area contributed by atoms with E-state index in [0.29, 0.717) is 24.3 Å². The normalized spacial score (nSPS) is 15.3. The average molecular weight is 608 g/mol. The lowest BCUT2D eigenvalue weighted by atomic mass is 10.2. The van der Waals surface area contributed by atoms with Gasteiger partial charge in [-0.15, -0.1) is 0 Å². The molecule has 0 bridgehead atoms. The number of nitrogens with zero attached hydrogens (tertiary/aromatic N) is 2. The zero-order chi connectivity index (χ0) is 27.4. The van der Waals surface area contributed by atoms with Crippen molar-refractivity contribution in [1.29, 1.82) is 0 Å². The molecule has 1 aliphatic heterocycles. The summed E-state index contributed by atoms with van der Waals surface area (Å²) in [4.78, 5) is 3.02. The van der Waals surface area contributed by atoms with Crippen LogP contribution in [-0.2, 0) is 26.8 Å². The summed E-state index contributed by atoms with van der Waals surface area (Å²) in [5.74, 6) is -0.732. The van der Waals surface area contributed by atoms with Crippen molar-refractivity contribution in [3.8, 4) is 0 Å². The Morgan fingerprint density at radius 3 is 2.28 bits per heavy atom. The van der Waals surface area contributed by atoms with E-state index in [4.69, 9.17) is 8.83 Å². The van der Waals surface area contributed by atoms with Crippen LogP contribution in [0.4, 0.5) is 5.69 Å². The van der Waals surface area contributed by atoms with Crippen molar-refractivity contribution in [3.63, 3.8) is 0 Å². The number of thioether (sulfide) groups is 1. The van der Waals surface area contributed by atoms with Crippen molar-refractivity contribution in [1.82, 2.24) is 0 Å². The molecule has 0 unspecified atom stereocenters. The van der Waals surface area contributed by atoms with Crippen LogP contribution in [0.2, 0.25) is 0 Å². The first-order valence-electron chi connectivity index (χ1n) is 12.0. The molecule has 204 valence electrons. The Labute approximate surface area is 232 Å². The second kappa shape index (κ2) is 9.94. The molecule has 0 fully saturated rings. The van der Waals surface area contributed by atoms with Gasteiger partial charge in [0.25, 0.3) is 25.2 Å². The fourth-order valence-corrected chi connectivity index (χ4v) is 8.21. The number of thiazole rings is 1. The van der Waals surface area contributed by atoms with E-state index in [0.717, 1.165) is 41.6 Å². The third kappa shape index (κ3) is 5.32. The van der Waals surface area contributed by atoms with E-state index in [1.54, 1.807) is 12.5 Å². The van der Waals surface area contributed by atoms with Gasteiger partial charge in [-0.1, -0.05) is 23.1 Å². The maximum absolute atomic E-state index is 11.4. The SMILES string of the molecule is O=S(=O)(O)CCCN1C(=Cc2sc3ccc4occc4c3[n+]2CCCS(=O)(=O)O)Sc2ccc3occc3c21. The van der Waals surface area contributed by atoms with Gasteiger partial charge in [-0.2, -0.15) is 21.4 Å². The van der Waals surface area contributed by atoms with Crippen molar-refractivity contribution < 1.29 is 39.3 Å². The third-order valence-electron chi connectivity index (χ3n) is 6.46. The minimum atomic E-state index is -4.11. The van der Waals surface area contributed by atoms with Crippen LogP contribution < -0.4 is 9.47 Å². The molecule has 6 rings (SSSR count). The van der Waals surface area contributed by atoms with E-state index in [2.05, 4.69) is 0 Å². The molecule has 4 heterocycles. The van der Waals surface area contributed by atoms with Crippen molar-refractivity contribution in [2.45, 2.75) is 24.3 Å². The van der Waals surface area contributed by atoms with Crippen LogP contribution in [0.3, 0.4) is 0 Å². The maximum atomic E-state index is 11.4. The maximum Gasteiger partial charge on any atom is 0.265 e. The number of furan rings is 2. The van der Waals surface area contributed by atoms with Crippen LogP contribution in [0.15, 0.2) is 67.7 Å². The van der Waals surface area contributed by atoms with Gasteiger partial charge in [0.2, 0.25) is 5.52 Å². The van der Waals surface area contributed by atoms with E-state index in [-0.39, 0.29) is 24.3 Å². The Morgan fingerprint density at radius 2 is 1.54 bits per heavy atom. The quantitative estimate of drug-likeness (QED) is 0.171. The number of fused-ring (bicyclic) bond motifs is 6. The predicted molar refractivity (Wildman–Crippen MR) is 151 cm³/mol. The number of hydrogen-bond donors (Lipinski definition) is 2. The van der Waals surface area contributed by atoms with Gasteiger partial charge in [0.05, 0.1) is 46.2 Å². The first kappa shape index (κ1) is 26.3. The highest BCUT2D eigenvalue weighted by Crippen LogP contribution is 2.50. The molecule has 0 atom stereocenters. The first-order chi connectivity index (χ1) is 18.6. The number of hydrogen-bond acceptors (Lipinski definition) is 9. The molecule has 39 heavy (non-hydrogen) atoms. The second-order valence-corrected chi connectivity index (χ2v) is 14.4. The first-order valence-corrected chi connectivity index (χ1v) is 16.8. The second-order valence-electron chi connectivity index (χ2n) is 9.10. The summed E-state index contributed by atoms with van der Waals surface area (Å²) in [7, 11) is -8.23. The van der Waals surface area contributed by atoms with Crippen LogP contribution >= 0.6 is 23.1 Å². The Morgan fingerprint density at radius 1 is 0.872 bits per heavy atom. The van der Waals surface area contributed by atoms with Gasteiger partial charge >= 0.3 is 0 Å². The highest BCUT2D eigenvalue weighted by Gasteiger charge is 2.31. The van der Waals surface area contributed by atoms with Crippen LogP contribution in [-0.4, -0.2) is 44.0 Å². The van der Waals surface area contributed by atoms with Crippen LogP contribution in [0.25, 0.3) is 38.2 Å². The average Bonchev–Trinajstić information content (AvgIpc) is 3.62. The number of anilines is 1. The fourth-order valence-electron chi connectivity index (χ4n) is 4.87. The van der Waals surface area contributed by atoms with Crippen LogP contribution in [0.5, 0.6) is 0 Å². The molecule has 0 aliphatic carbocycles. The summed E-state index contributed by atoms with van der Waals surface area (Å²) < 4.78 is 78.5. The molecule has 0 amide bonds. The molecule has 0 spiro atoms. The van der Waals surface area contributed by atoms with Gasteiger partial charge in [-0.3, -0.25) is 9.11 Å². The summed E-state index contributed by atoms with van der Waals surface area (Å²) in [5.41, 5.74) is 3.23. The lowest BCUT2D eigenvalue weighted by molar-refractivity contribution is -0.667. The van der Waals surface area contributed by atoms with Crippen molar-refractivity contribution in [2.24, 2.45) is 0 Å². The van der Waals surface area contributed by atoms with E-state index in [1.165, 1.54) is 23.1 Å². The minimum absolute atomic E-state index is 0.209. The Bertz CT molecular complexity index is 1970. The molecule has 0 radical (unpaired) electrons. The Balaban J connectivity index is 1.46. The predicted octanol–water partition coefficient (Wildman–Crippen LogP) is 5.15. The summed E-state index contributed by atoms with van der Waals surface area (Å²) in [6, 6.07) is 11.5. The van der Waals surface area contributed by atoms with Crippen LogP contribution in [0, 0.1) is 0 Å². The molecule has 0 saturated carbocycles. The number of aryl methyl sites for hydroxylation is 1. The number of benzene rings is 2. The molecule has 2 aromatic carbocycles. The molecule has 3 aromatic heterocycles. The van der Waals surface area contributed by atoms with Crippen molar-refractivity contribution in [3.05, 3.63) is 59.0 Å². The molecule has 10 nitrogen and oxygen atoms in total. The zero-order valence-corrected chi connectivity index (χ0v) is 23.6. The lowest BCUT2D eigenvalue weighted by Crippen LogP contribution is -2.36. The summed E-state index contributed by atoms with van der Waals surface area (Å²) >= 11 is 3.08. The van der Waals surface area contributed by atoms with Crippen molar-refractivity contribution >= 4 is 87.3 Å². The van der Waals surface area contributed by atoms with E-state index >= 15 is 0 Å². The van der Waals surface area contributed by atoms with Crippen LogP contribution in [0.1, 0.15) is 17.8 Å². The third-order valence-corrected chi connectivity index (χ3v) is 10.3. The number of rotatable bonds is 9. The molecular formula is C25H23N2O8S4+. The molecule has 0 saturated heterocycles. The molecular weight excluding hydrogens is 585 g/mol. The summed E-state index contributed by atoms with van der Waals surface area (Å²) in [5, 5.41) is 3.50. The van der Waals surface area contributed by atoms with Gasteiger partial charge in [0.15, 0.2) is 6.54 Å². The zero-order valence-electron chi connectivity index (χ0n) is 20.3. The lowest BCUT2D eigenvalue weighted by Gasteiger charge is -2.20. The van der Waals surface area contributed by atoms with E-state index in [9.17, 15) is 25.9 Å². The molecule has 5 aromatic rings. The van der Waals surface area contributed by atoms with Gasteiger partial charge in [0, 0.05) is 23.2 Å². The highest BCUT2D eigenvalue weighted by molar-refractivity contribution is 8.04. The van der Waals surface area contributed by atoms with Gasteiger partial charge in [-0.05, 0) is 42.8 Å². The monoisotopic (exact) mass is 607 g/mol. The standard InChI is InChI=1S/C25H22N2O8S4/c28-38(29,30)13-1-9-26-22(36-20-5-3-18-16(24(20)26)7-11-34-18)15-23-27(10-2-14-39(31,32)33)25-17-8-12-35-19(17)4-6-21(25)37-23/h3-8,11-12,15H,1-2,9-10,13-14H2,(H-,28,29,30,31,32,33)/p+1. The van der Waals surface area contributed by atoms with Crippen molar-refractivity contribution in [2.75, 3.05) is 23.0 Å². The fraction of sp³-hybridized carbons (Fsp3) is 0.240. The Hall–Kier alpha value is -2.88. The highest BCUT2D eigenvalue weighted by atomic mass is 32.2. The smallest absolute Gasteiger partial charge is 0.265 e. The van der Waals surface area contributed by atoms with E-state index in [1.807, 2.05) is 51.9 Å². The topological polar surface area (TPSA) is 142 Å². The summed E-state index contributed by atoms with van der Waals surface area (Å²) in [6.07, 6.45) is 5.65. The minimum Gasteiger partial charge on any atom is -0.464 e.